The van der Waals surface area contributed by atoms with E-state index in [-0.39, 0.29) is 17.3 Å². The second kappa shape index (κ2) is 14.2. The zero-order valence-corrected chi connectivity index (χ0v) is 25.6. The number of halogens is 3. The lowest BCUT2D eigenvalue weighted by Gasteiger charge is -2.33. The van der Waals surface area contributed by atoms with E-state index in [4.69, 9.17) is 34.8 Å². The lowest BCUT2D eigenvalue weighted by molar-refractivity contribution is -0.140. The summed E-state index contributed by atoms with van der Waals surface area (Å²) < 4.78 is 28.9. The van der Waals surface area contributed by atoms with Crippen molar-refractivity contribution in [2.24, 2.45) is 0 Å². The van der Waals surface area contributed by atoms with E-state index in [2.05, 4.69) is 5.32 Å². The van der Waals surface area contributed by atoms with Crippen LogP contribution in [0.25, 0.3) is 0 Å². The molecule has 0 radical (unpaired) electrons. The minimum absolute atomic E-state index is 0.0184. The van der Waals surface area contributed by atoms with Crippen LogP contribution < -0.4 is 9.62 Å². The van der Waals surface area contributed by atoms with Gasteiger partial charge in [-0.3, -0.25) is 13.9 Å². The number of rotatable bonds is 12. The first-order chi connectivity index (χ1) is 19.0. The molecule has 40 heavy (non-hydrogen) atoms. The Bertz CT molecular complexity index is 1450. The molecule has 3 rings (SSSR count). The Labute approximate surface area is 251 Å². The van der Waals surface area contributed by atoms with Gasteiger partial charge in [0.1, 0.15) is 12.6 Å². The Kier molecular flexibility index (Phi) is 11.3. The van der Waals surface area contributed by atoms with Gasteiger partial charge in [0.05, 0.1) is 10.6 Å². The fourth-order valence-corrected chi connectivity index (χ4v) is 6.28. The molecule has 7 nitrogen and oxygen atoms in total. The van der Waals surface area contributed by atoms with E-state index in [1.807, 2.05) is 6.92 Å². The lowest BCUT2D eigenvalue weighted by Crippen LogP contribution is -2.52. The van der Waals surface area contributed by atoms with Crippen LogP contribution in [0.1, 0.15) is 37.8 Å². The van der Waals surface area contributed by atoms with Crippen LogP contribution in [-0.4, -0.2) is 44.3 Å². The molecule has 0 fully saturated rings. The maximum Gasteiger partial charge on any atom is 0.264 e. The first-order valence-corrected chi connectivity index (χ1v) is 15.4. The smallest absolute Gasteiger partial charge is 0.264 e. The third-order valence-corrected chi connectivity index (χ3v) is 8.97. The molecule has 3 aromatic rings. The van der Waals surface area contributed by atoms with E-state index < -0.39 is 28.5 Å². The van der Waals surface area contributed by atoms with Crippen LogP contribution in [0.5, 0.6) is 0 Å². The van der Waals surface area contributed by atoms with Gasteiger partial charge in [0.2, 0.25) is 11.8 Å². The zero-order chi connectivity index (χ0) is 29.4. The average Bonchev–Trinajstić information content (AvgIpc) is 2.92. The summed E-state index contributed by atoms with van der Waals surface area (Å²) in [6, 6.07) is 16.7. The average molecular weight is 625 g/mol. The van der Waals surface area contributed by atoms with Crippen LogP contribution in [0.2, 0.25) is 15.1 Å². The number of anilines is 1. The number of hydrogen-bond donors (Lipinski definition) is 1. The third kappa shape index (κ3) is 7.69. The van der Waals surface area contributed by atoms with Crippen LogP contribution in [-0.2, 0) is 26.2 Å². The van der Waals surface area contributed by atoms with E-state index in [0.29, 0.717) is 44.8 Å². The Morgan fingerprint density at radius 3 is 2.17 bits per heavy atom. The van der Waals surface area contributed by atoms with E-state index in [1.165, 1.54) is 29.2 Å². The molecule has 0 saturated heterocycles. The number of sulfonamides is 1. The number of amides is 2. The van der Waals surface area contributed by atoms with E-state index in [9.17, 15) is 18.0 Å². The first-order valence-electron chi connectivity index (χ1n) is 12.8. The molecule has 0 aliphatic heterocycles. The minimum Gasteiger partial charge on any atom is -0.354 e. The number of carbonyl (C=O) groups is 2. The minimum atomic E-state index is -4.19. The molecule has 0 spiro atoms. The molecule has 0 aromatic heterocycles. The van der Waals surface area contributed by atoms with Crippen molar-refractivity contribution in [2.75, 3.05) is 17.4 Å². The summed E-state index contributed by atoms with van der Waals surface area (Å²) >= 11 is 18.5. The number of benzene rings is 3. The topological polar surface area (TPSA) is 86.8 Å². The highest BCUT2D eigenvalue weighted by molar-refractivity contribution is 7.92. The molecule has 3 aromatic carbocycles. The SMILES string of the molecule is CCCNC(=O)C(CC)N(Cc1ccc(Cl)cc1Cl)C(=O)CN(c1ccccc1C)S(=O)(=O)c1ccc(Cl)cc1. The predicted octanol–water partition coefficient (Wildman–Crippen LogP) is 6.48. The second-order valence-electron chi connectivity index (χ2n) is 9.22. The summed E-state index contributed by atoms with van der Waals surface area (Å²) in [6.07, 6.45) is 1.03. The molecule has 0 saturated carbocycles. The summed E-state index contributed by atoms with van der Waals surface area (Å²) in [4.78, 5) is 28.6. The Balaban J connectivity index is 2.08. The number of carbonyl (C=O) groups excluding carboxylic acids is 2. The van der Waals surface area contributed by atoms with Crippen LogP contribution in [0.15, 0.2) is 71.6 Å². The monoisotopic (exact) mass is 623 g/mol. The number of para-hydroxylation sites is 1. The van der Waals surface area contributed by atoms with E-state index >= 15 is 0 Å². The summed E-state index contributed by atoms with van der Waals surface area (Å²) in [5, 5.41) is 4.00. The first kappa shape index (κ1) is 31.7. The maximum absolute atomic E-state index is 14.1. The molecule has 0 heterocycles. The molecule has 0 bridgehead atoms. The van der Waals surface area contributed by atoms with Gasteiger partial charge in [-0.1, -0.05) is 72.9 Å². The Hall–Kier alpha value is -2.78. The predicted molar refractivity (Wildman–Crippen MR) is 162 cm³/mol. The normalized spacial score (nSPS) is 12.1. The zero-order valence-electron chi connectivity index (χ0n) is 22.5. The van der Waals surface area contributed by atoms with Crippen LogP contribution in [0, 0.1) is 6.92 Å². The molecule has 0 aliphatic carbocycles. The van der Waals surface area contributed by atoms with Crippen molar-refractivity contribution in [3.8, 4) is 0 Å². The standard InChI is InChI=1S/C29H32Cl3N3O4S/c1-4-16-33-29(37)26(5-2)34(18-21-10-11-23(31)17-25(21)32)28(36)19-35(27-9-7-6-8-20(27)3)40(38,39)24-14-12-22(30)13-15-24/h6-15,17,26H,4-5,16,18-19H2,1-3H3,(H,33,37). The second-order valence-corrected chi connectivity index (χ2v) is 12.4. The van der Waals surface area contributed by atoms with E-state index in [0.717, 1.165) is 10.7 Å². The van der Waals surface area contributed by atoms with Gasteiger partial charge in [0, 0.05) is 28.2 Å². The van der Waals surface area contributed by atoms with Gasteiger partial charge >= 0.3 is 0 Å². The summed E-state index contributed by atoms with van der Waals surface area (Å²) in [7, 11) is -4.19. The Morgan fingerprint density at radius 1 is 0.925 bits per heavy atom. The van der Waals surface area contributed by atoms with Gasteiger partial charge < -0.3 is 10.2 Å². The number of nitrogens with one attached hydrogen (secondary N) is 1. The quantitative estimate of drug-likeness (QED) is 0.250. The molecule has 2 amide bonds. The highest BCUT2D eigenvalue weighted by Crippen LogP contribution is 2.29. The van der Waals surface area contributed by atoms with Crippen LogP contribution in [0.3, 0.4) is 0 Å². The summed E-state index contributed by atoms with van der Waals surface area (Å²) in [6.45, 7) is 5.37. The van der Waals surface area contributed by atoms with Crippen molar-refractivity contribution < 1.29 is 18.0 Å². The number of aryl methyl sites for hydroxylation is 1. The van der Waals surface area contributed by atoms with Crippen molar-refractivity contribution in [3.63, 3.8) is 0 Å². The van der Waals surface area contributed by atoms with Gasteiger partial charge in [0.15, 0.2) is 0 Å². The number of nitrogens with zero attached hydrogens (tertiary/aromatic N) is 2. The molecule has 0 aliphatic rings. The van der Waals surface area contributed by atoms with Crippen LogP contribution in [0.4, 0.5) is 5.69 Å². The van der Waals surface area contributed by atoms with Crippen molar-refractivity contribution in [2.45, 2.75) is 51.1 Å². The molecule has 1 N–H and O–H groups in total. The van der Waals surface area contributed by atoms with Gasteiger partial charge in [-0.05, 0) is 73.4 Å². The van der Waals surface area contributed by atoms with Crippen LogP contribution >= 0.6 is 34.8 Å². The largest absolute Gasteiger partial charge is 0.354 e. The van der Waals surface area contributed by atoms with Gasteiger partial charge in [-0.15, -0.1) is 0 Å². The van der Waals surface area contributed by atoms with Gasteiger partial charge in [-0.2, -0.15) is 0 Å². The summed E-state index contributed by atoms with van der Waals surface area (Å²) in [5.41, 5.74) is 1.58. The lowest BCUT2D eigenvalue weighted by atomic mass is 10.1. The molecule has 11 heteroatoms. The van der Waals surface area contributed by atoms with Gasteiger partial charge in [-0.25, -0.2) is 8.42 Å². The Morgan fingerprint density at radius 2 is 1.57 bits per heavy atom. The molecular formula is C29H32Cl3N3O4S. The van der Waals surface area contributed by atoms with Crippen molar-refractivity contribution in [1.82, 2.24) is 10.2 Å². The van der Waals surface area contributed by atoms with Gasteiger partial charge in [0.25, 0.3) is 10.0 Å². The summed E-state index contributed by atoms with van der Waals surface area (Å²) in [5.74, 6) is -0.893. The molecule has 1 atom stereocenters. The highest BCUT2D eigenvalue weighted by Gasteiger charge is 2.34. The third-order valence-electron chi connectivity index (χ3n) is 6.36. The number of hydrogen-bond acceptors (Lipinski definition) is 4. The fourth-order valence-electron chi connectivity index (χ4n) is 4.21. The maximum atomic E-state index is 14.1. The molecule has 214 valence electrons. The molecule has 1 unspecified atom stereocenters. The van der Waals surface area contributed by atoms with Crippen molar-refractivity contribution in [1.29, 1.82) is 0 Å². The van der Waals surface area contributed by atoms with E-state index in [1.54, 1.807) is 56.3 Å². The fraction of sp³-hybridized carbons (Fsp3) is 0.310. The highest BCUT2D eigenvalue weighted by atomic mass is 35.5. The van der Waals surface area contributed by atoms with Crippen molar-refractivity contribution in [3.05, 3.63) is 92.9 Å². The van der Waals surface area contributed by atoms with Crippen molar-refractivity contribution >= 4 is 62.3 Å². The molecular weight excluding hydrogens is 593 g/mol.